The van der Waals surface area contributed by atoms with Crippen LogP contribution < -0.4 is 15.4 Å². The van der Waals surface area contributed by atoms with Gasteiger partial charge in [0.15, 0.2) is 0 Å². The van der Waals surface area contributed by atoms with Crippen molar-refractivity contribution in [1.82, 2.24) is 10.2 Å². The summed E-state index contributed by atoms with van der Waals surface area (Å²) >= 11 is 0. The maximum atomic E-state index is 14.1. The van der Waals surface area contributed by atoms with Gasteiger partial charge in [-0.25, -0.2) is 0 Å². The number of anilines is 1. The van der Waals surface area contributed by atoms with Crippen molar-refractivity contribution in [2.75, 3.05) is 32.7 Å². The van der Waals surface area contributed by atoms with E-state index in [-0.39, 0.29) is 41.8 Å². The molecule has 2 N–H and O–H groups in total. The third-order valence-electron chi connectivity index (χ3n) is 8.19. The molecule has 8 nitrogen and oxygen atoms in total. The molecule has 0 spiro atoms. The third-order valence-corrected chi connectivity index (χ3v) is 8.19. The number of nitrogens with one attached hydrogen (secondary N) is 2. The molecule has 2 aliphatic heterocycles. The zero-order valence-corrected chi connectivity index (χ0v) is 21.4. The molecule has 8 heteroatoms. The van der Waals surface area contributed by atoms with Gasteiger partial charge in [-0.15, -0.1) is 0 Å². The Labute approximate surface area is 217 Å². The summed E-state index contributed by atoms with van der Waals surface area (Å²) in [5, 5.41) is 16.0. The van der Waals surface area contributed by atoms with Crippen molar-refractivity contribution < 1.29 is 19.1 Å². The SMILES string of the molecule is COC[C@@H]1Nc2ccccc2[C@H]2[C@@H]1CCN2C(=O)[C@H]1CCCC[C@H]1NC(=O)c1ccc(C#N)c(OC)c1. The molecular formula is C29H34N4O4. The average molecular weight is 503 g/mol. The predicted molar refractivity (Wildman–Crippen MR) is 139 cm³/mol. The van der Waals surface area contributed by atoms with Crippen LogP contribution >= 0.6 is 0 Å². The van der Waals surface area contributed by atoms with Crippen LogP contribution in [0.2, 0.25) is 0 Å². The van der Waals surface area contributed by atoms with E-state index in [1.807, 2.05) is 12.1 Å². The number of para-hydroxylation sites is 1. The Morgan fingerprint density at radius 1 is 1.14 bits per heavy atom. The van der Waals surface area contributed by atoms with Crippen molar-refractivity contribution in [3.63, 3.8) is 0 Å². The summed E-state index contributed by atoms with van der Waals surface area (Å²) in [5.74, 6) is 0.257. The zero-order valence-electron chi connectivity index (χ0n) is 21.4. The molecule has 37 heavy (non-hydrogen) atoms. The number of nitrogens with zero attached hydrogens (tertiary/aromatic N) is 2. The molecule has 2 amide bonds. The van der Waals surface area contributed by atoms with Crippen LogP contribution in [-0.2, 0) is 9.53 Å². The highest BCUT2D eigenvalue weighted by Crippen LogP contribution is 2.47. The van der Waals surface area contributed by atoms with Crippen molar-refractivity contribution >= 4 is 17.5 Å². The van der Waals surface area contributed by atoms with Crippen molar-refractivity contribution in [2.45, 2.75) is 50.2 Å². The quantitative estimate of drug-likeness (QED) is 0.621. The molecule has 2 fully saturated rings. The maximum Gasteiger partial charge on any atom is 0.251 e. The molecule has 0 aromatic heterocycles. The molecule has 2 aromatic rings. The molecule has 3 aliphatic rings. The fraction of sp³-hybridized carbons (Fsp3) is 0.483. The smallest absolute Gasteiger partial charge is 0.251 e. The number of hydrogen-bond acceptors (Lipinski definition) is 6. The van der Waals surface area contributed by atoms with Crippen LogP contribution in [0.15, 0.2) is 42.5 Å². The molecule has 0 radical (unpaired) electrons. The molecule has 1 saturated carbocycles. The Morgan fingerprint density at radius 2 is 1.95 bits per heavy atom. The molecule has 2 aromatic carbocycles. The van der Waals surface area contributed by atoms with Crippen LogP contribution in [0.5, 0.6) is 5.75 Å². The molecule has 5 atom stereocenters. The fourth-order valence-electron chi connectivity index (χ4n) is 6.41. The summed E-state index contributed by atoms with van der Waals surface area (Å²) in [6, 6.07) is 15.0. The van der Waals surface area contributed by atoms with E-state index in [0.29, 0.717) is 30.0 Å². The minimum absolute atomic E-state index is 0.00571. The molecule has 1 aliphatic carbocycles. The van der Waals surface area contributed by atoms with Crippen LogP contribution in [0.4, 0.5) is 5.69 Å². The second kappa shape index (κ2) is 10.8. The minimum Gasteiger partial charge on any atom is -0.495 e. The standard InChI is InChI=1S/C29H34N4O4/c1-36-17-25-21-13-14-33(27(21)20-7-3-5-9-23(20)31-25)29(35)22-8-4-6-10-24(22)32-28(34)18-11-12-19(16-30)26(15-18)37-2/h3,5,7,9,11-12,15,21-22,24-25,27,31H,4,6,8,10,13-14,17H2,1-2H3,(H,32,34)/t21-,22+,24-,25+,27+/m1/s1. The molecule has 5 rings (SSSR count). The lowest BCUT2D eigenvalue weighted by molar-refractivity contribution is -0.139. The number of methoxy groups -OCH3 is 2. The van der Waals surface area contributed by atoms with Crippen LogP contribution in [-0.4, -0.2) is 56.2 Å². The maximum absolute atomic E-state index is 14.1. The van der Waals surface area contributed by atoms with E-state index in [4.69, 9.17) is 9.47 Å². The van der Waals surface area contributed by atoms with Crippen molar-refractivity contribution in [2.24, 2.45) is 11.8 Å². The summed E-state index contributed by atoms with van der Waals surface area (Å²) in [5.41, 5.74) is 3.02. The van der Waals surface area contributed by atoms with Gasteiger partial charge in [-0.05, 0) is 49.1 Å². The van der Waals surface area contributed by atoms with Crippen LogP contribution in [0.1, 0.15) is 59.6 Å². The largest absolute Gasteiger partial charge is 0.495 e. The van der Waals surface area contributed by atoms with E-state index < -0.39 is 0 Å². The van der Waals surface area contributed by atoms with E-state index >= 15 is 0 Å². The van der Waals surface area contributed by atoms with Gasteiger partial charge in [-0.2, -0.15) is 5.26 Å². The van der Waals surface area contributed by atoms with Gasteiger partial charge in [0.2, 0.25) is 5.91 Å². The number of ether oxygens (including phenoxy) is 2. The van der Waals surface area contributed by atoms with Gasteiger partial charge in [-0.1, -0.05) is 31.0 Å². The van der Waals surface area contributed by atoms with Gasteiger partial charge in [0, 0.05) is 36.9 Å². The first-order chi connectivity index (χ1) is 18.0. The van der Waals surface area contributed by atoms with Gasteiger partial charge < -0.3 is 25.0 Å². The number of rotatable bonds is 6. The lowest BCUT2D eigenvalue weighted by Crippen LogP contribution is -2.50. The second-order valence-corrected chi connectivity index (χ2v) is 10.2. The lowest BCUT2D eigenvalue weighted by Gasteiger charge is -2.41. The van der Waals surface area contributed by atoms with Crippen molar-refractivity contribution in [1.29, 1.82) is 5.26 Å². The van der Waals surface area contributed by atoms with E-state index in [0.717, 1.165) is 43.4 Å². The number of carbonyl (C=O) groups is 2. The van der Waals surface area contributed by atoms with Gasteiger partial charge in [-0.3, -0.25) is 9.59 Å². The average Bonchev–Trinajstić information content (AvgIpc) is 3.39. The summed E-state index contributed by atoms with van der Waals surface area (Å²) in [4.78, 5) is 29.4. The summed E-state index contributed by atoms with van der Waals surface area (Å²) in [6.45, 7) is 1.29. The summed E-state index contributed by atoms with van der Waals surface area (Å²) in [7, 11) is 3.20. The zero-order chi connectivity index (χ0) is 25.9. The first-order valence-corrected chi connectivity index (χ1v) is 13.1. The highest BCUT2D eigenvalue weighted by molar-refractivity contribution is 5.95. The van der Waals surface area contributed by atoms with Crippen LogP contribution in [0.3, 0.4) is 0 Å². The number of carbonyl (C=O) groups excluding carboxylic acids is 2. The highest BCUT2D eigenvalue weighted by atomic mass is 16.5. The number of amides is 2. The van der Waals surface area contributed by atoms with E-state index in [2.05, 4.69) is 33.7 Å². The molecule has 0 bridgehead atoms. The summed E-state index contributed by atoms with van der Waals surface area (Å²) < 4.78 is 10.8. The van der Waals surface area contributed by atoms with Gasteiger partial charge in [0.25, 0.3) is 5.91 Å². The number of nitriles is 1. The Hall–Kier alpha value is -3.57. The van der Waals surface area contributed by atoms with Crippen LogP contribution in [0.25, 0.3) is 0 Å². The number of hydrogen-bond donors (Lipinski definition) is 2. The highest BCUT2D eigenvalue weighted by Gasteiger charge is 2.48. The predicted octanol–water partition coefficient (Wildman–Crippen LogP) is 3.89. The van der Waals surface area contributed by atoms with Gasteiger partial charge >= 0.3 is 0 Å². The molecule has 194 valence electrons. The third kappa shape index (κ3) is 4.76. The Kier molecular flexibility index (Phi) is 7.33. The Bertz CT molecular complexity index is 1210. The Balaban J connectivity index is 1.37. The Morgan fingerprint density at radius 3 is 2.73 bits per heavy atom. The lowest BCUT2D eigenvalue weighted by atomic mass is 9.81. The normalized spacial score (nSPS) is 26.3. The number of benzene rings is 2. The first kappa shape index (κ1) is 25.1. The monoisotopic (exact) mass is 502 g/mol. The van der Waals surface area contributed by atoms with Crippen molar-refractivity contribution in [3.8, 4) is 11.8 Å². The van der Waals surface area contributed by atoms with Crippen molar-refractivity contribution in [3.05, 3.63) is 59.2 Å². The first-order valence-electron chi connectivity index (χ1n) is 13.1. The minimum atomic E-state index is -0.264. The molecular weight excluding hydrogens is 468 g/mol. The van der Waals surface area contributed by atoms with E-state index in [9.17, 15) is 14.9 Å². The molecule has 0 unspecified atom stereocenters. The number of likely N-dealkylation sites (tertiary alicyclic amines) is 1. The number of fused-ring (bicyclic) bond motifs is 3. The topological polar surface area (TPSA) is 104 Å². The van der Waals surface area contributed by atoms with E-state index in [1.165, 1.54) is 7.11 Å². The fourth-order valence-corrected chi connectivity index (χ4v) is 6.41. The van der Waals surface area contributed by atoms with Gasteiger partial charge in [0.1, 0.15) is 11.8 Å². The van der Waals surface area contributed by atoms with Gasteiger partial charge in [0.05, 0.1) is 37.3 Å². The van der Waals surface area contributed by atoms with E-state index in [1.54, 1.807) is 25.3 Å². The van der Waals surface area contributed by atoms with Crippen LogP contribution in [0, 0.1) is 23.2 Å². The second-order valence-electron chi connectivity index (χ2n) is 10.2. The summed E-state index contributed by atoms with van der Waals surface area (Å²) in [6.07, 6.45) is 4.39. The molecule has 1 saturated heterocycles. The molecule has 2 heterocycles.